The number of fused-ring (bicyclic) bond motifs is 1. The average Bonchev–Trinajstić information content (AvgIpc) is 3.57. The number of pyridine rings is 1. The lowest BCUT2D eigenvalue weighted by Gasteiger charge is -2.30. The van der Waals surface area contributed by atoms with Crippen molar-refractivity contribution < 1.29 is 14.3 Å². The minimum Gasteiger partial charge on any atom is -0.387 e. The van der Waals surface area contributed by atoms with Crippen LogP contribution in [-0.4, -0.2) is 59.8 Å². The lowest BCUT2D eigenvalue weighted by atomic mass is 9.83. The summed E-state index contributed by atoms with van der Waals surface area (Å²) in [6.07, 6.45) is 9.15. The van der Waals surface area contributed by atoms with E-state index >= 15 is 0 Å². The van der Waals surface area contributed by atoms with Crippen molar-refractivity contribution in [3.8, 4) is 17.5 Å². The molecule has 1 fully saturated rings. The number of aliphatic hydroxyl groups is 1. The number of halogens is 1. The fraction of sp³-hybridized carbons (Fsp3) is 0.414. The number of nitrogens with zero attached hydrogens (tertiary/aromatic N) is 6. The van der Waals surface area contributed by atoms with Gasteiger partial charge < -0.3 is 15.7 Å². The SMILES string of the molecule is Cn1cc(C2CCC(Nc3cc(-c4ccc5cc(C#N)cnn45)ncc3C(=O)NC[C@@H](F)C(C)(C)O)CC2)cn1. The molecule has 0 unspecified atom stereocenters. The highest BCUT2D eigenvalue weighted by Gasteiger charge is 2.28. The van der Waals surface area contributed by atoms with Crippen molar-refractivity contribution in [1.82, 2.24) is 29.7 Å². The van der Waals surface area contributed by atoms with Crippen molar-refractivity contribution in [3.63, 3.8) is 0 Å². The van der Waals surface area contributed by atoms with Gasteiger partial charge in [-0.05, 0) is 75.3 Å². The van der Waals surface area contributed by atoms with E-state index in [1.807, 2.05) is 36.1 Å². The molecule has 0 radical (unpaired) electrons. The molecule has 0 saturated heterocycles. The molecule has 1 aliphatic carbocycles. The Morgan fingerprint density at radius 2 is 1.98 bits per heavy atom. The number of nitrogens with one attached hydrogen (secondary N) is 2. The van der Waals surface area contributed by atoms with Crippen LogP contribution in [0, 0.1) is 11.3 Å². The molecule has 40 heavy (non-hydrogen) atoms. The molecule has 0 aliphatic heterocycles. The van der Waals surface area contributed by atoms with Gasteiger partial charge in [0.05, 0.1) is 58.3 Å². The summed E-state index contributed by atoms with van der Waals surface area (Å²) < 4.78 is 17.9. The maximum atomic E-state index is 14.4. The van der Waals surface area contributed by atoms with E-state index in [2.05, 4.69) is 38.1 Å². The Kier molecular flexibility index (Phi) is 7.54. The van der Waals surface area contributed by atoms with Gasteiger partial charge in [0.25, 0.3) is 5.91 Å². The van der Waals surface area contributed by atoms with Crippen molar-refractivity contribution in [2.45, 2.75) is 63.3 Å². The summed E-state index contributed by atoms with van der Waals surface area (Å²) >= 11 is 0. The number of amides is 1. The maximum absolute atomic E-state index is 14.4. The molecule has 0 bridgehead atoms. The summed E-state index contributed by atoms with van der Waals surface area (Å²) in [5.74, 6) is -0.0309. The van der Waals surface area contributed by atoms with Gasteiger partial charge in [-0.3, -0.25) is 14.5 Å². The van der Waals surface area contributed by atoms with Gasteiger partial charge in [0.15, 0.2) is 0 Å². The number of aromatic nitrogens is 5. The third-order valence-corrected chi connectivity index (χ3v) is 7.53. The number of rotatable bonds is 8. The first-order valence-electron chi connectivity index (χ1n) is 13.4. The Labute approximate surface area is 231 Å². The van der Waals surface area contributed by atoms with Crippen molar-refractivity contribution >= 4 is 17.1 Å². The van der Waals surface area contributed by atoms with E-state index in [-0.39, 0.29) is 12.6 Å². The number of aryl methyl sites for hydroxylation is 1. The van der Waals surface area contributed by atoms with Crippen LogP contribution in [0.25, 0.3) is 16.9 Å². The normalized spacial score (nSPS) is 18.3. The first-order chi connectivity index (χ1) is 19.1. The third-order valence-electron chi connectivity index (χ3n) is 7.53. The highest BCUT2D eigenvalue weighted by atomic mass is 19.1. The number of carbonyl (C=O) groups excluding carboxylic acids is 1. The Morgan fingerprint density at radius 1 is 1.20 bits per heavy atom. The zero-order valence-corrected chi connectivity index (χ0v) is 22.8. The van der Waals surface area contributed by atoms with Gasteiger partial charge in [-0.15, -0.1) is 0 Å². The number of hydrogen-bond acceptors (Lipinski definition) is 7. The maximum Gasteiger partial charge on any atom is 0.255 e. The lowest BCUT2D eigenvalue weighted by molar-refractivity contribution is -0.00177. The van der Waals surface area contributed by atoms with E-state index < -0.39 is 17.7 Å². The van der Waals surface area contributed by atoms with Crippen LogP contribution >= 0.6 is 0 Å². The second kappa shape index (κ2) is 11.1. The first-order valence-corrected chi connectivity index (χ1v) is 13.4. The monoisotopic (exact) mass is 544 g/mol. The van der Waals surface area contributed by atoms with Gasteiger partial charge in [0, 0.05) is 25.5 Å². The summed E-state index contributed by atoms with van der Waals surface area (Å²) in [5, 5.41) is 34.0. The Bertz CT molecular complexity index is 1560. The van der Waals surface area contributed by atoms with E-state index in [0.29, 0.717) is 34.1 Å². The molecule has 4 heterocycles. The molecule has 4 aromatic heterocycles. The molecular formula is C29H33FN8O2. The molecule has 11 heteroatoms. The zero-order valence-electron chi connectivity index (χ0n) is 22.8. The number of anilines is 1. The molecule has 1 saturated carbocycles. The second-order valence-corrected chi connectivity index (χ2v) is 11.0. The summed E-state index contributed by atoms with van der Waals surface area (Å²) in [4.78, 5) is 17.7. The number of alkyl halides is 1. The molecule has 0 aromatic carbocycles. The number of carbonyl (C=O) groups is 1. The molecule has 208 valence electrons. The van der Waals surface area contributed by atoms with Gasteiger partial charge in [0.2, 0.25) is 0 Å². The molecular weight excluding hydrogens is 511 g/mol. The lowest BCUT2D eigenvalue weighted by Crippen LogP contribution is -2.42. The van der Waals surface area contributed by atoms with Crippen molar-refractivity contribution in [2.24, 2.45) is 7.05 Å². The fourth-order valence-electron chi connectivity index (χ4n) is 5.12. The van der Waals surface area contributed by atoms with E-state index in [1.54, 1.807) is 10.6 Å². The highest BCUT2D eigenvalue weighted by molar-refractivity contribution is 6.00. The minimum atomic E-state index is -1.63. The van der Waals surface area contributed by atoms with Crippen LogP contribution in [0.2, 0.25) is 0 Å². The molecule has 5 rings (SSSR count). The van der Waals surface area contributed by atoms with E-state index in [4.69, 9.17) is 0 Å². The van der Waals surface area contributed by atoms with Crippen LogP contribution in [-0.2, 0) is 7.05 Å². The van der Waals surface area contributed by atoms with Crippen LogP contribution in [0.15, 0.2) is 49.1 Å². The summed E-state index contributed by atoms with van der Waals surface area (Å²) in [5.41, 5.74) is 3.07. The van der Waals surface area contributed by atoms with E-state index in [9.17, 15) is 19.6 Å². The van der Waals surface area contributed by atoms with Crippen molar-refractivity contribution in [3.05, 3.63) is 65.7 Å². The molecule has 1 amide bonds. The topological polar surface area (TPSA) is 133 Å². The van der Waals surface area contributed by atoms with Crippen LogP contribution in [0.5, 0.6) is 0 Å². The van der Waals surface area contributed by atoms with Gasteiger partial charge >= 0.3 is 0 Å². The van der Waals surface area contributed by atoms with Crippen LogP contribution in [0.4, 0.5) is 10.1 Å². The first kappa shape index (κ1) is 27.3. The molecule has 3 N–H and O–H groups in total. The minimum absolute atomic E-state index is 0.139. The smallest absolute Gasteiger partial charge is 0.255 e. The summed E-state index contributed by atoms with van der Waals surface area (Å²) in [6, 6.07) is 9.51. The van der Waals surface area contributed by atoms with Gasteiger partial charge in [0.1, 0.15) is 12.2 Å². The number of hydrogen-bond donors (Lipinski definition) is 3. The quantitative estimate of drug-likeness (QED) is 0.306. The predicted octanol–water partition coefficient (Wildman–Crippen LogP) is 3.98. The van der Waals surface area contributed by atoms with Gasteiger partial charge in [-0.25, -0.2) is 8.91 Å². The average molecular weight is 545 g/mol. The zero-order chi connectivity index (χ0) is 28.4. The number of nitriles is 1. The summed E-state index contributed by atoms with van der Waals surface area (Å²) in [7, 11) is 1.92. The highest BCUT2D eigenvalue weighted by Crippen LogP contribution is 2.35. The molecule has 0 spiro atoms. The van der Waals surface area contributed by atoms with E-state index in [1.165, 1.54) is 31.8 Å². The molecule has 10 nitrogen and oxygen atoms in total. The molecule has 1 atom stereocenters. The van der Waals surface area contributed by atoms with Gasteiger partial charge in [-0.1, -0.05) is 0 Å². The standard InChI is InChI=1S/C29H33FN8O2/c1-29(2,40)27(30)16-33-28(39)23-15-32-25(26-9-8-22-10-18(12-31)13-35-38(22)26)11-24(23)36-21-6-4-19(5-7-21)20-14-34-37(3)17-20/h8-11,13-15,17,19,21,27,40H,4-7,16H2,1-3H3,(H,32,36)(H,33,39)/t19?,21?,27-/m1/s1. The predicted molar refractivity (Wildman–Crippen MR) is 148 cm³/mol. The Morgan fingerprint density at radius 3 is 2.65 bits per heavy atom. The Balaban J connectivity index is 1.40. The molecule has 1 aliphatic rings. The largest absolute Gasteiger partial charge is 0.387 e. The summed E-state index contributed by atoms with van der Waals surface area (Å²) in [6.45, 7) is 2.41. The van der Waals surface area contributed by atoms with Crippen molar-refractivity contribution in [1.29, 1.82) is 5.26 Å². The van der Waals surface area contributed by atoms with Crippen LogP contribution in [0.3, 0.4) is 0 Å². The second-order valence-electron chi connectivity index (χ2n) is 11.0. The molecule has 4 aromatic rings. The van der Waals surface area contributed by atoms with Crippen molar-refractivity contribution in [2.75, 3.05) is 11.9 Å². The van der Waals surface area contributed by atoms with E-state index in [0.717, 1.165) is 31.2 Å². The fourth-order valence-corrected chi connectivity index (χ4v) is 5.12. The van der Waals surface area contributed by atoms with Crippen LogP contribution < -0.4 is 10.6 Å². The third kappa shape index (κ3) is 5.82. The van der Waals surface area contributed by atoms with Crippen LogP contribution in [0.1, 0.15) is 66.9 Å². The Hall–Kier alpha value is -4.30. The van der Waals surface area contributed by atoms with Gasteiger partial charge in [-0.2, -0.15) is 15.5 Å².